The van der Waals surface area contributed by atoms with Crippen LogP contribution < -0.4 is 9.84 Å². The van der Waals surface area contributed by atoms with E-state index in [1.165, 1.54) is 19.4 Å². The van der Waals surface area contributed by atoms with Crippen molar-refractivity contribution in [3.63, 3.8) is 0 Å². The van der Waals surface area contributed by atoms with Crippen LogP contribution in [0.25, 0.3) is 0 Å². The van der Waals surface area contributed by atoms with Crippen LogP contribution >= 0.6 is 15.9 Å². The minimum atomic E-state index is -1.09. The van der Waals surface area contributed by atoms with Crippen molar-refractivity contribution in [1.82, 2.24) is 0 Å². The topological polar surface area (TPSA) is 82.0 Å². The Bertz CT molecular complexity index is 713. The number of aromatic carboxylic acids is 1. The lowest BCUT2D eigenvalue weighted by Gasteiger charge is -2.14. The van der Waals surface area contributed by atoms with Crippen LogP contribution in [0.3, 0.4) is 0 Å². The first kappa shape index (κ1) is 15.1. The zero-order valence-corrected chi connectivity index (χ0v) is 12.6. The summed E-state index contributed by atoms with van der Waals surface area (Å²) in [5, 5.41) is 21.1. The molecule has 21 heavy (non-hydrogen) atoms. The van der Waals surface area contributed by atoms with Gasteiger partial charge in [0.25, 0.3) is 0 Å². The molecule has 108 valence electrons. The number of carboxylic acids is 1. The number of halogens is 1. The average molecular weight is 349 g/mol. The Morgan fingerprint density at radius 3 is 2.81 bits per heavy atom. The largest absolute Gasteiger partial charge is 0.870 e. The number of aliphatic imine (C=N–C) groups is 1. The van der Waals surface area contributed by atoms with E-state index in [0.717, 1.165) is 0 Å². The molecule has 0 saturated heterocycles. The highest BCUT2D eigenvalue weighted by atomic mass is 79.9. The molecule has 2 aromatic carbocycles. The SMILES string of the molecule is COc1cccc(C=Nc2ccc(Br)cc2C(=O)O)c1[O-]. The summed E-state index contributed by atoms with van der Waals surface area (Å²) in [7, 11) is 1.41. The summed E-state index contributed by atoms with van der Waals surface area (Å²) in [6, 6.07) is 9.52. The molecule has 0 radical (unpaired) electrons. The van der Waals surface area contributed by atoms with E-state index in [9.17, 15) is 9.90 Å². The molecule has 0 bridgehead atoms. The van der Waals surface area contributed by atoms with Crippen LogP contribution in [0, 0.1) is 0 Å². The number of rotatable bonds is 4. The van der Waals surface area contributed by atoms with Gasteiger partial charge in [0.15, 0.2) is 0 Å². The Hall–Kier alpha value is -2.34. The van der Waals surface area contributed by atoms with Crippen LogP contribution in [0.15, 0.2) is 45.9 Å². The second-order valence-electron chi connectivity index (χ2n) is 4.10. The number of nitrogens with zero attached hydrogens (tertiary/aromatic N) is 1. The fourth-order valence-corrected chi connectivity index (χ4v) is 2.09. The standard InChI is InChI=1S/C15H12BrNO4/c1-21-13-4-2-3-9(14(13)18)8-17-12-6-5-10(16)7-11(12)15(19)20/h2-8,18H,1H3,(H,19,20)/p-1. The molecule has 0 atom stereocenters. The maximum atomic E-state index is 12.0. The minimum absolute atomic E-state index is 0.0518. The first-order valence-corrected chi connectivity index (χ1v) is 6.73. The van der Waals surface area contributed by atoms with Gasteiger partial charge in [-0.1, -0.05) is 33.8 Å². The Morgan fingerprint density at radius 1 is 1.38 bits per heavy atom. The molecule has 5 nitrogen and oxygen atoms in total. The summed E-state index contributed by atoms with van der Waals surface area (Å²) < 4.78 is 5.58. The van der Waals surface area contributed by atoms with Crippen LogP contribution in [-0.4, -0.2) is 24.4 Å². The Kier molecular flexibility index (Phi) is 4.59. The van der Waals surface area contributed by atoms with E-state index in [0.29, 0.717) is 10.0 Å². The number of benzene rings is 2. The van der Waals surface area contributed by atoms with Crippen molar-refractivity contribution in [2.45, 2.75) is 0 Å². The van der Waals surface area contributed by atoms with E-state index in [1.54, 1.807) is 30.3 Å². The minimum Gasteiger partial charge on any atom is -0.870 e. The van der Waals surface area contributed by atoms with Crippen molar-refractivity contribution in [3.05, 3.63) is 52.0 Å². The predicted molar refractivity (Wildman–Crippen MR) is 80.8 cm³/mol. The number of ether oxygens (including phenoxy) is 1. The van der Waals surface area contributed by atoms with Gasteiger partial charge in [-0.15, -0.1) is 0 Å². The summed E-state index contributed by atoms with van der Waals surface area (Å²) in [6.07, 6.45) is 1.33. The monoisotopic (exact) mass is 348 g/mol. The molecule has 0 unspecified atom stereocenters. The molecular formula is C15H11BrNO4-. The van der Waals surface area contributed by atoms with Crippen molar-refractivity contribution < 1.29 is 19.7 Å². The highest BCUT2D eigenvalue weighted by molar-refractivity contribution is 9.10. The highest BCUT2D eigenvalue weighted by Crippen LogP contribution is 2.27. The highest BCUT2D eigenvalue weighted by Gasteiger charge is 2.09. The van der Waals surface area contributed by atoms with E-state index in [2.05, 4.69) is 20.9 Å². The summed E-state index contributed by atoms with van der Waals surface area (Å²) in [4.78, 5) is 15.3. The summed E-state index contributed by atoms with van der Waals surface area (Å²) in [5.74, 6) is -1.16. The molecule has 0 aliphatic carbocycles. The maximum absolute atomic E-state index is 12.0. The van der Waals surface area contributed by atoms with Crippen molar-refractivity contribution in [2.24, 2.45) is 4.99 Å². The molecule has 0 aliphatic rings. The zero-order chi connectivity index (χ0) is 15.4. The summed E-state index contributed by atoms with van der Waals surface area (Å²) in [6.45, 7) is 0. The van der Waals surface area contributed by atoms with Gasteiger partial charge in [0.1, 0.15) is 5.75 Å². The third-order valence-corrected chi connectivity index (χ3v) is 3.25. The van der Waals surface area contributed by atoms with Gasteiger partial charge in [0.2, 0.25) is 0 Å². The molecule has 6 heteroatoms. The van der Waals surface area contributed by atoms with E-state index in [-0.39, 0.29) is 22.7 Å². The van der Waals surface area contributed by atoms with Gasteiger partial charge in [0, 0.05) is 10.7 Å². The molecule has 0 saturated carbocycles. The van der Waals surface area contributed by atoms with Crippen LogP contribution in [0.4, 0.5) is 5.69 Å². The van der Waals surface area contributed by atoms with Crippen molar-refractivity contribution in [1.29, 1.82) is 0 Å². The molecule has 1 N–H and O–H groups in total. The normalized spacial score (nSPS) is 10.8. The fourth-order valence-electron chi connectivity index (χ4n) is 1.73. The van der Waals surface area contributed by atoms with Gasteiger partial charge in [-0.05, 0) is 29.8 Å². The Balaban J connectivity index is 2.41. The number of hydrogen-bond donors (Lipinski definition) is 1. The van der Waals surface area contributed by atoms with Crippen molar-refractivity contribution in [2.75, 3.05) is 7.11 Å². The molecular weight excluding hydrogens is 338 g/mol. The molecule has 0 aromatic heterocycles. The second kappa shape index (κ2) is 6.41. The molecule has 2 aromatic rings. The van der Waals surface area contributed by atoms with Gasteiger partial charge < -0.3 is 14.9 Å². The number of methoxy groups -OCH3 is 1. The third-order valence-electron chi connectivity index (χ3n) is 2.76. The fraction of sp³-hybridized carbons (Fsp3) is 0.0667. The first-order chi connectivity index (χ1) is 10.0. The quantitative estimate of drug-likeness (QED) is 0.861. The predicted octanol–water partition coefficient (Wildman–Crippen LogP) is 2.98. The Morgan fingerprint density at radius 2 is 2.14 bits per heavy atom. The molecule has 0 amide bonds. The van der Waals surface area contributed by atoms with Crippen LogP contribution in [0.1, 0.15) is 15.9 Å². The zero-order valence-electron chi connectivity index (χ0n) is 11.0. The lowest BCUT2D eigenvalue weighted by molar-refractivity contribution is -0.270. The van der Waals surface area contributed by atoms with Crippen molar-refractivity contribution >= 4 is 33.8 Å². The number of hydrogen-bond acceptors (Lipinski definition) is 4. The molecule has 0 spiro atoms. The molecule has 0 heterocycles. The smallest absolute Gasteiger partial charge is 0.337 e. The van der Waals surface area contributed by atoms with Crippen molar-refractivity contribution in [3.8, 4) is 11.5 Å². The van der Waals surface area contributed by atoms with E-state index < -0.39 is 5.97 Å². The van der Waals surface area contributed by atoms with Gasteiger partial charge in [0.05, 0.1) is 18.4 Å². The summed E-state index contributed by atoms with van der Waals surface area (Å²) in [5.41, 5.74) is 0.650. The maximum Gasteiger partial charge on any atom is 0.337 e. The third kappa shape index (κ3) is 3.41. The van der Waals surface area contributed by atoms with E-state index in [4.69, 9.17) is 9.84 Å². The number of carbonyl (C=O) groups is 1. The van der Waals surface area contributed by atoms with Crippen LogP contribution in [0.2, 0.25) is 0 Å². The van der Waals surface area contributed by atoms with Gasteiger partial charge in [-0.3, -0.25) is 4.99 Å². The van der Waals surface area contributed by atoms with E-state index in [1.807, 2.05) is 0 Å². The average Bonchev–Trinajstić information content (AvgIpc) is 2.47. The van der Waals surface area contributed by atoms with Gasteiger partial charge in [-0.25, -0.2) is 4.79 Å². The number of para-hydroxylation sites is 1. The van der Waals surface area contributed by atoms with Crippen LogP contribution in [0.5, 0.6) is 11.5 Å². The van der Waals surface area contributed by atoms with E-state index >= 15 is 0 Å². The second-order valence-corrected chi connectivity index (χ2v) is 5.02. The lowest BCUT2D eigenvalue weighted by atomic mass is 10.1. The Labute approximate surface area is 129 Å². The molecule has 0 aliphatic heterocycles. The first-order valence-electron chi connectivity index (χ1n) is 5.94. The summed E-state index contributed by atoms with van der Waals surface area (Å²) >= 11 is 3.21. The molecule has 2 rings (SSSR count). The number of carboxylic acid groups (broad SMARTS) is 1. The van der Waals surface area contributed by atoms with Crippen LogP contribution in [-0.2, 0) is 0 Å². The van der Waals surface area contributed by atoms with Gasteiger partial charge in [-0.2, -0.15) is 0 Å². The van der Waals surface area contributed by atoms with Gasteiger partial charge >= 0.3 is 5.97 Å². The lowest BCUT2D eigenvalue weighted by Crippen LogP contribution is -2.00. The molecule has 0 fully saturated rings.